The summed E-state index contributed by atoms with van der Waals surface area (Å²) in [7, 11) is 0. The van der Waals surface area contributed by atoms with Crippen LogP contribution in [0.1, 0.15) is 12.0 Å². The van der Waals surface area contributed by atoms with Gasteiger partial charge in [-0.2, -0.15) is 0 Å². The van der Waals surface area contributed by atoms with Gasteiger partial charge in [-0.3, -0.25) is 4.79 Å². The molecule has 4 nitrogen and oxygen atoms in total. The number of carboxylic acids is 1. The number of anilines is 1. The summed E-state index contributed by atoms with van der Waals surface area (Å²) >= 11 is 1.79. The predicted molar refractivity (Wildman–Crippen MR) is 61.8 cm³/mol. The van der Waals surface area contributed by atoms with Gasteiger partial charge in [-0.1, -0.05) is 0 Å². The molecule has 0 spiro atoms. The second-order valence-corrected chi connectivity index (χ2v) is 4.67. The SMILES string of the molecule is O=C(O)C(=O)Nc1ccc2c(c1)CCCS2. The van der Waals surface area contributed by atoms with Crippen molar-refractivity contribution in [1.82, 2.24) is 0 Å². The summed E-state index contributed by atoms with van der Waals surface area (Å²) in [4.78, 5) is 22.6. The first-order chi connectivity index (χ1) is 7.66. The van der Waals surface area contributed by atoms with E-state index in [0.717, 1.165) is 18.6 Å². The van der Waals surface area contributed by atoms with E-state index >= 15 is 0 Å². The maximum absolute atomic E-state index is 11.0. The minimum Gasteiger partial charge on any atom is -0.474 e. The van der Waals surface area contributed by atoms with Gasteiger partial charge >= 0.3 is 11.9 Å². The van der Waals surface area contributed by atoms with Crippen molar-refractivity contribution in [3.63, 3.8) is 0 Å². The second kappa shape index (κ2) is 4.57. The van der Waals surface area contributed by atoms with Gasteiger partial charge in [-0.25, -0.2) is 4.79 Å². The van der Waals surface area contributed by atoms with Crippen molar-refractivity contribution >= 4 is 29.3 Å². The number of amides is 1. The third-order valence-electron chi connectivity index (χ3n) is 2.36. The van der Waals surface area contributed by atoms with Crippen LogP contribution in [0.3, 0.4) is 0 Å². The normalized spacial score (nSPS) is 14.0. The van der Waals surface area contributed by atoms with E-state index in [1.165, 1.54) is 10.5 Å². The van der Waals surface area contributed by atoms with Crippen LogP contribution in [0.4, 0.5) is 5.69 Å². The molecule has 0 atom stereocenters. The van der Waals surface area contributed by atoms with Crippen LogP contribution in [-0.2, 0) is 16.0 Å². The zero-order valence-electron chi connectivity index (χ0n) is 8.53. The smallest absolute Gasteiger partial charge is 0.394 e. The predicted octanol–water partition coefficient (Wildman–Crippen LogP) is 1.75. The number of carbonyl (C=O) groups excluding carboxylic acids is 1. The number of nitrogens with one attached hydrogen (secondary N) is 1. The van der Waals surface area contributed by atoms with Gasteiger partial charge in [0.25, 0.3) is 0 Å². The molecule has 16 heavy (non-hydrogen) atoms. The number of rotatable bonds is 1. The van der Waals surface area contributed by atoms with Crippen LogP contribution in [0.15, 0.2) is 23.1 Å². The summed E-state index contributed by atoms with van der Waals surface area (Å²) in [6.45, 7) is 0. The van der Waals surface area contributed by atoms with Gasteiger partial charge in [0.15, 0.2) is 0 Å². The number of hydrogen-bond acceptors (Lipinski definition) is 3. The molecule has 0 aromatic heterocycles. The molecule has 0 bridgehead atoms. The van der Waals surface area contributed by atoms with Crippen LogP contribution in [0.25, 0.3) is 0 Å². The van der Waals surface area contributed by atoms with Crippen molar-refractivity contribution in [2.24, 2.45) is 0 Å². The first-order valence-electron chi connectivity index (χ1n) is 4.97. The van der Waals surface area contributed by atoms with Crippen molar-refractivity contribution in [2.45, 2.75) is 17.7 Å². The van der Waals surface area contributed by atoms with E-state index in [9.17, 15) is 9.59 Å². The number of aryl methyl sites for hydroxylation is 1. The molecule has 0 fully saturated rings. The first-order valence-corrected chi connectivity index (χ1v) is 5.95. The highest BCUT2D eigenvalue weighted by Crippen LogP contribution is 2.31. The summed E-state index contributed by atoms with van der Waals surface area (Å²) in [5.74, 6) is -1.34. The topological polar surface area (TPSA) is 66.4 Å². The van der Waals surface area contributed by atoms with Gasteiger partial charge in [-0.05, 0) is 42.4 Å². The Morgan fingerprint density at radius 1 is 1.38 bits per heavy atom. The molecule has 5 heteroatoms. The van der Waals surface area contributed by atoms with Gasteiger partial charge in [0, 0.05) is 10.6 Å². The number of hydrogen-bond donors (Lipinski definition) is 2. The summed E-state index contributed by atoms with van der Waals surface area (Å²) < 4.78 is 0. The third-order valence-corrected chi connectivity index (χ3v) is 3.56. The van der Waals surface area contributed by atoms with Crippen molar-refractivity contribution in [3.05, 3.63) is 23.8 Å². The average molecular weight is 237 g/mol. The molecule has 1 aromatic rings. The Balaban J connectivity index is 2.17. The second-order valence-electron chi connectivity index (χ2n) is 3.53. The quantitative estimate of drug-likeness (QED) is 0.730. The van der Waals surface area contributed by atoms with Crippen LogP contribution in [-0.4, -0.2) is 22.7 Å². The third kappa shape index (κ3) is 2.36. The van der Waals surface area contributed by atoms with Gasteiger partial charge in [0.1, 0.15) is 0 Å². The number of benzene rings is 1. The Bertz CT molecular complexity index is 445. The van der Waals surface area contributed by atoms with Crippen LogP contribution in [0, 0.1) is 0 Å². The molecule has 0 unspecified atom stereocenters. The molecule has 2 rings (SSSR count). The fourth-order valence-electron chi connectivity index (χ4n) is 1.62. The Morgan fingerprint density at radius 3 is 2.94 bits per heavy atom. The Hall–Kier alpha value is -1.49. The molecule has 0 aliphatic carbocycles. The van der Waals surface area contributed by atoms with Crippen molar-refractivity contribution in [2.75, 3.05) is 11.1 Å². The molecule has 1 aliphatic heterocycles. The lowest BCUT2D eigenvalue weighted by Gasteiger charge is -2.15. The van der Waals surface area contributed by atoms with Crippen molar-refractivity contribution < 1.29 is 14.7 Å². The Kier molecular flexibility index (Phi) is 3.14. The molecular formula is C11H11NO3S. The van der Waals surface area contributed by atoms with Crippen LogP contribution in [0.2, 0.25) is 0 Å². The minimum atomic E-state index is -1.47. The molecule has 1 aliphatic rings. The van der Waals surface area contributed by atoms with Crippen LogP contribution in [0.5, 0.6) is 0 Å². The summed E-state index contributed by atoms with van der Waals surface area (Å²) in [6.07, 6.45) is 2.10. The molecule has 84 valence electrons. The van der Waals surface area contributed by atoms with E-state index in [0.29, 0.717) is 5.69 Å². The fourth-order valence-corrected chi connectivity index (χ4v) is 2.64. The lowest BCUT2D eigenvalue weighted by molar-refractivity contribution is -0.147. The largest absolute Gasteiger partial charge is 0.474 e. The molecule has 1 amide bonds. The number of carboxylic acid groups (broad SMARTS) is 1. The van der Waals surface area contributed by atoms with Crippen molar-refractivity contribution in [1.29, 1.82) is 0 Å². The number of thioether (sulfide) groups is 1. The molecule has 0 saturated heterocycles. The van der Waals surface area contributed by atoms with Gasteiger partial charge in [0.2, 0.25) is 0 Å². The van der Waals surface area contributed by atoms with Crippen LogP contribution < -0.4 is 5.32 Å². The fraction of sp³-hybridized carbons (Fsp3) is 0.273. The monoisotopic (exact) mass is 237 g/mol. The molecule has 0 saturated carbocycles. The van der Waals surface area contributed by atoms with E-state index in [4.69, 9.17) is 5.11 Å². The molecule has 1 heterocycles. The summed E-state index contributed by atoms with van der Waals surface area (Å²) in [5, 5.41) is 10.8. The molecule has 2 N–H and O–H groups in total. The van der Waals surface area contributed by atoms with E-state index in [1.54, 1.807) is 17.8 Å². The highest BCUT2D eigenvalue weighted by molar-refractivity contribution is 7.99. The minimum absolute atomic E-state index is 0.550. The lowest BCUT2D eigenvalue weighted by atomic mass is 10.1. The first kappa shape index (κ1) is 11.0. The zero-order valence-corrected chi connectivity index (χ0v) is 9.34. The molecule has 0 radical (unpaired) electrons. The number of fused-ring (bicyclic) bond motifs is 1. The van der Waals surface area contributed by atoms with Crippen LogP contribution >= 0.6 is 11.8 Å². The highest BCUT2D eigenvalue weighted by Gasteiger charge is 2.14. The highest BCUT2D eigenvalue weighted by atomic mass is 32.2. The maximum atomic E-state index is 11.0. The van der Waals surface area contributed by atoms with Gasteiger partial charge < -0.3 is 10.4 Å². The average Bonchev–Trinajstić information content (AvgIpc) is 2.28. The summed E-state index contributed by atoms with van der Waals surface area (Å²) in [6, 6.07) is 5.51. The molecular weight excluding hydrogens is 226 g/mol. The van der Waals surface area contributed by atoms with E-state index in [2.05, 4.69) is 5.32 Å². The maximum Gasteiger partial charge on any atom is 0.394 e. The van der Waals surface area contributed by atoms with Crippen molar-refractivity contribution in [3.8, 4) is 0 Å². The van der Waals surface area contributed by atoms with E-state index < -0.39 is 11.9 Å². The summed E-state index contributed by atoms with van der Waals surface area (Å²) in [5.41, 5.74) is 1.73. The van der Waals surface area contributed by atoms with E-state index in [-0.39, 0.29) is 0 Å². The Labute approximate surface area is 97.0 Å². The lowest BCUT2D eigenvalue weighted by Crippen LogP contribution is -2.21. The standard InChI is InChI=1S/C11H11NO3S/c13-10(11(14)15)12-8-3-4-9-7(6-8)2-1-5-16-9/h3-4,6H,1-2,5H2,(H,12,13)(H,14,15). The van der Waals surface area contributed by atoms with Gasteiger partial charge in [0.05, 0.1) is 0 Å². The number of aliphatic carboxylic acids is 1. The number of carbonyl (C=O) groups is 2. The van der Waals surface area contributed by atoms with Gasteiger partial charge in [-0.15, -0.1) is 11.8 Å². The molecule has 1 aromatic carbocycles. The van der Waals surface area contributed by atoms with E-state index in [1.807, 2.05) is 12.1 Å². The zero-order chi connectivity index (χ0) is 11.5. The Morgan fingerprint density at radius 2 is 2.19 bits per heavy atom.